The number of piperazine rings is 1. The van der Waals surface area contributed by atoms with Gasteiger partial charge in [0.05, 0.1) is 11.3 Å². The van der Waals surface area contributed by atoms with Crippen LogP contribution >= 0.6 is 15.9 Å². The van der Waals surface area contributed by atoms with Crippen molar-refractivity contribution in [3.05, 3.63) is 28.2 Å². The summed E-state index contributed by atoms with van der Waals surface area (Å²) in [6, 6.07) is 6.36. The number of carbonyl (C=O) groups is 1. The monoisotopic (exact) mass is 326 g/mol. The molecule has 0 bridgehead atoms. The van der Waals surface area contributed by atoms with Crippen LogP contribution in [-0.4, -0.2) is 48.2 Å². The normalized spacial score (nSPS) is 24.5. The Morgan fingerprint density at radius 1 is 1.32 bits per heavy atom. The van der Waals surface area contributed by atoms with E-state index in [1.807, 2.05) is 12.1 Å². The van der Waals surface area contributed by atoms with Crippen LogP contribution in [0.3, 0.4) is 0 Å². The minimum Gasteiger partial charge on any atom is -0.478 e. The second kappa shape index (κ2) is 5.51. The Morgan fingerprint density at radius 2 is 1.89 bits per heavy atom. The third-order valence-corrected chi connectivity index (χ3v) is 4.57. The standard InChI is InChI=1S/C14H19BrN2O2/c1-9-7-17(8-10(2)16(9)3)12-6-4-5-11(15)13(12)14(18)19/h4-6,9-10H,7-8H2,1-3H3,(H,18,19). The van der Waals surface area contributed by atoms with E-state index in [9.17, 15) is 9.90 Å². The third-order valence-electron chi connectivity index (χ3n) is 3.91. The molecule has 5 heteroatoms. The first-order valence-corrected chi connectivity index (χ1v) is 7.19. The molecule has 0 amide bonds. The van der Waals surface area contributed by atoms with Gasteiger partial charge in [-0.2, -0.15) is 0 Å². The molecule has 4 nitrogen and oxygen atoms in total. The first-order valence-electron chi connectivity index (χ1n) is 6.40. The molecule has 0 aromatic heterocycles. The highest BCUT2D eigenvalue weighted by molar-refractivity contribution is 9.10. The highest BCUT2D eigenvalue weighted by Crippen LogP contribution is 2.30. The maximum Gasteiger partial charge on any atom is 0.338 e. The molecule has 0 aliphatic carbocycles. The molecule has 0 radical (unpaired) electrons. The molecule has 1 aliphatic rings. The van der Waals surface area contributed by atoms with Crippen LogP contribution in [0.25, 0.3) is 0 Å². The van der Waals surface area contributed by atoms with E-state index in [1.54, 1.807) is 6.07 Å². The van der Waals surface area contributed by atoms with Crippen molar-refractivity contribution < 1.29 is 9.90 Å². The van der Waals surface area contributed by atoms with Crippen LogP contribution in [0.15, 0.2) is 22.7 Å². The number of anilines is 1. The molecule has 1 aliphatic heterocycles. The van der Waals surface area contributed by atoms with Crippen molar-refractivity contribution in [1.82, 2.24) is 4.90 Å². The van der Waals surface area contributed by atoms with E-state index < -0.39 is 5.97 Å². The van der Waals surface area contributed by atoms with Crippen molar-refractivity contribution >= 4 is 27.6 Å². The molecule has 1 fully saturated rings. The van der Waals surface area contributed by atoms with Crippen molar-refractivity contribution in [3.8, 4) is 0 Å². The average Bonchev–Trinajstić information content (AvgIpc) is 2.34. The molecule has 2 unspecified atom stereocenters. The zero-order chi connectivity index (χ0) is 14.2. The number of rotatable bonds is 2. The number of aromatic carboxylic acids is 1. The van der Waals surface area contributed by atoms with Gasteiger partial charge in [-0.3, -0.25) is 4.90 Å². The quantitative estimate of drug-likeness (QED) is 0.907. The number of hydrogen-bond acceptors (Lipinski definition) is 3. The van der Waals surface area contributed by atoms with Crippen molar-refractivity contribution in [3.63, 3.8) is 0 Å². The van der Waals surface area contributed by atoms with Gasteiger partial charge >= 0.3 is 5.97 Å². The summed E-state index contributed by atoms with van der Waals surface area (Å²) in [4.78, 5) is 15.9. The Balaban J connectivity index is 2.37. The number of carboxylic acid groups (broad SMARTS) is 1. The van der Waals surface area contributed by atoms with Gasteiger partial charge in [-0.25, -0.2) is 4.79 Å². The van der Waals surface area contributed by atoms with E-state index in [-0.39, 0.29) is 0 Å². The predicted octanol–water partition coefficient (Wildman–Crippen LogP) is 2.68. The number of benzene rings is 1. The maximum absolute atomic E-state index is 11.4. The van der Waals surface area contributed by atoms with Gasteiger partial charge in [0.1, 0.15) is 0 Å². The van der Waals surface area contributed by atoms with E-state index >= 15 is 0 Å². The van der Waals surface area contributed by atoms with E-state index in [2.05, 4.69) is 46.6 Å². The van der Waals surface area contributed by atoms with Gasteiger partial charge < -0.3 is 10.0 Å². The van der Waals surface area contributed by atoms with Crippen LogP contribution in [0.5, 0.6) is 0 Å². The fraction of sp³-hybridized carbons (Fsp3) is 0.500. The van der Waals surface area contributed by atoms with Crippen LogP contribution < -0.4 is 4.90 Å². The lowest BCUT2D eigenvalue weighted by molar-refractivity contribution is 0.0696. The molecule has 1 N–H and O–H groups in total. The molecule has 1 aromatic rings. The third kappa shape index (κ3) is 2.77. The molecular formula is C14H19BrN2O2. The summed E-state index contributed by atoms with van der Waals surface area (Å²) in [5.41, 5.74) is 1.15. The molecule has 0 spiro atoms. The topological polar surface area (TPSA) is 43.8 Å². The van der Waals surface area contributed by atoms with Crippen molar-refractivity contribution in [2.45, 2.75) is 25.9 Å². The molecule has 1 saturated heterocycles. The molecule has 0 saturated carbocycles. The zero-order valence-electron chi connectivity index (χ0n) is 11.4. The minimum absolute atomic E-state index is 0.353. The van der Waals surface area contributed by atoms with Gasteiger partial charge in [0.2, 0.25) is 0 Å². The molecule has 2 rings (SSSR count). The van der Waals surface area contributed by atoms with Gasteiger partial charge in [0.15, 0.2) is 0 Å². The highest BCUT2D eigenvalue weighted by atomic mass is 79.9. The van der Waals surface area contributed by atoms with Crippen molar-refractivity contribution in [2.24, 2.45) is 0 Å². The van der Waals surface area contributed by atoms with Crippen LogP contribution in [0.1, 0.15) is 24.2 Å². The second-order valence-electron chi connectivity index (χ2n) is 5.21. The molecule has 2 atom stereocenters. The van der Waals surface area contributed by atoms with Crippen LogP contribution in [0, 0.1) is 0 Å². The van der Waals surface area contributed by atoms with E-state index in [0.717, 1.165) is 18.8 Å². The van der Waals surface area contributed by atoms with Gasteiger partial charge in [0.25, 0.3) is 0 Å². The van der Waals surface area contributed by atoms with Crippen LogP contribution in [0.4, 0.5) is 5.69 Å². The Hall–Kier alpha value is -1.07. The number of nitrogens with zero attached hydrogens (tertiary/aromatic N) is 2. The van der Waals surface area contributed by atoms with Gasteiger partial charge in [-0.1, -0.05) is 6.07 Å². The predicted molar refractivity (Wildman–Crippen MR) is 80.0 cm³/mol. The summed E-state index contributed by atoms with van der Waals surface area (Å²) >= 11 is 3.34. The Bertz CT molecular complexity index is 480. The zero-order valence-corrected chi connectivity index (χ0v) is 13.0. The van der Waals surface area contributed by atoms with E-state index in [4.69, 9.17) is 0 Å². The number of halogens is 1. The van der Waals surface area contributed by atoms with Crippen molar-refractivity contribution in [1.29, 1.82) is 0 Å². The first-order chi connectivity index (χ1) is 8.91. The molecule has 1 heterocycles. The summed E-state index contributed by atoms with van der Waals surface area (Å²) in [6.45, 7) is 6.03. The largest absolute Gasteiger partial charge is 0.478 e. The number of hydrogen-bond donors (Lipinski definition) is 1. The van der Waals surface area contributed by atoms with Gasteiger partial charge in [-0.05, 0) is 49.0 Å². The molecular weight excluding hydrogens is 308 g/mol. The lowest BCUT2D eigenvalue weighted by Gasteiger charge is -2.43. The fourth-order valence-electron chi connectivity index (χ4n) is 2.59. The summed E-state index contributed by atoms with van der Waals surface area (Å²) < 4.78 is 0.636. The minimum atomic E-state index is -0.887. The summed E-state index contributed by atoms with van der Waals surface area (Å²) in [5.74, 6) is -0.887. The maximum atomic E-state index is 11.4. The average molecular weight is 327 g/mol. The molecule has 104 valence electrons. The highest BCUT2D eigenvalue weighted by Gasteiger charge is 2.29. The lowest BCUT2D eigenvalue weighted by atomic mass is 10.1. The lowest BCUT2D eigenvalue weighted by Crippen LogP contribution is -2.55. The Morgan fingerprint density at radius 3 is 2.42 bits per heavy atom. The van der Waals surface area contributed by atoms with Crippen LogP contribution in [-0.2, 0) is 0 Å². The smallest absolute Gasteiger partial charge is 0.338 e. The van der Waals surface area contributed by atoms with Gasteiger partial charge in [-0.15, -0.1) is 0 Å². The summed E-state index contributed by atoms with van der Waals surface area (Å²) in [6.07, 6.45) is 0. The Labute approximate surface area is 122 Å². The van der Waals surface area contributed by atoms with E-state index in [1.165, 1.54) is 0 Å². The SMILES string of the molecule is CC1CN(c2cccc(Br)c2C(=O)O)CC(C)N1C. The molecule has 1 aromatic carbocycles. The Kier molecular flexibility index (Phi) is 4.16. The first kappa shape index (κ1) is 14.3. The number of likely N-dealkylation sites (N-methyl/N-ethyl adjacent to an activating group) is 1. The van der Waals surface area contributed by atoms with Crippen LogP contribution in [0.2, 0.25) is 0 Å². The summed E-state index contributed by atoms with van der Waals surface area (Å²) in [5, 5.41) is 9.39. The molecule has 19 heavy (non-hydrogen) atoms. The van der Waals surface area contributed by atoms with E-state index in [0.29, 0.717) is 22.1 Å². The summed E-state index contributed by atoms with van der Waals surface area (Å²) in [7, 11) is 2.12. The number of carboxylic acids is 1. The van der Waals surface area contributed by atoms with Gasteiger partial charge in [0, 0.05) is 29.6 Å². The second-order valence-corrected chi connectivity index (χ2v) is 6.06. The van der Waals surface area contributed by atoms with Crippen molar-refractivity contribution in [2.75, 3.05) is 25.0 Å². The fourth-order valence-corrected chi connectivity index (χ4v) is 3.11.